The normalized spacial score (nSPS) is 11.6. The molecule has 0 bridgehead atoms. The van der Waals surface area contributed by atoms with E-state index in [0.717, 1.165) is 22.4 Å². The molecule has 5 nitrogen and oxygen atoms in total. The van der Waals surface area contributed by atoms with Crippen molar-refractivity contribution in [3.63, 3.8) is 0 Å². The highest BCUT2D eigenvalue weighted by Gasteiger charge is 2.18. The predicted octanol–water partition coefficient (Wildman–Crippen LogP) is 3.24. The van der Waals surface area contributed by atoms with E-state index in [4.69, 9.17) is 4.52 Å². The molecule has 2 aromatic carbocycles. The van der Waals surface area contributed by atoms with Gasteiger partial charge in [0.05, 0.1) is 10.5 Å². The van der Waals surface area contributed by atoms with Gasteiger partial charge >= 0.3 is 0 Å². The Labute approximate surface area is 135 Å². The molecule has 0 fully saturated rings. The highest BCUT2D eigenvalue weighted by Crippen LogP contribution is 2.34. The number of aryl methyl sites for hydroxylation is 1. The van der Waals surface area contributed by atoms with Gasteiger partial charge in [0, 0.05) is 12.6 Å². The summed E-state index contributed by atoms with van der Waals surface area (Å²) < 4.78 is 32.3. The molecule has 0 N–H and O–H groups in total. The SMILES string of the molecule is C[N]S(=O)(=O)c1ccc(-c2c(-c3ccccc3)noc2C)cc1. The van der Waals surface area contributed by atoms with Gasteiger partial charge in [-0.1, -0.05) is 47.6 Å². The standard InChI is InChI=1S/C17H15N2O3S/c1-12-16(17(19-22-12)14-6-4-3-5-7-14)13-8-10-15(11-9-13)23(20,21)18-2/h3-11H,1-2H3. The van der Waals surface area contributed by atoms with Crippen molar-refractivity contribution in [2.75, 3.05) is 7.05 Å². The summed E-state index contributed by atoms with van der Waals surface area (Å²) in [6, 6.07) is 16.3. The van der Waals surface area contributed by atoms with Gasteiger partial charge in [0.25, 0.3) is 10.0 Å². The van der Waals surface area contributed by atoms with Crippen LogP contribution in [0.3, 0.4) is 0 Å². The van der Waals surface area contributed by atoms with E-state index in [0.29, 0.717) is 5.76 Å². The van der Waals surface area contributed by atoms with Crippen LogP contribution >= 0.6 is 0 Å². The molecular formula is C17H15N2O3S. The predicted molar refractivity (Wildman–Crippen MR) is 87.4 cm³/mol. The van der Waals surface area contributed by atoms with Crippen LogP contribution in [0.2, 0.25) is 0 Å². The minimum atomic E-state index is -3.57. The van der Waals surface area contributed by atoms with Gasteiger partial charge in [0.2, 0.25) is 0 Å². The molecule has 0 aliphatic carbocycles. The maximum atomic E-state index is 11.8. The van der Waals surface area contributed by atoms with Crippen LogP contribution in [-0.4, -0.2) is 20.6 Å². The lowest BCUT2D eigenvalue weighted by Gasteiger charge is -2.05. The van der Waals surface area contributed by atoms with E-state index in [1.807, 2.05) is 37.3 Å². The second kappa shape index (κ2) is 5.98. The molecule has 0 aliphatic rings. The zero-order valence-electron chi connectivity index (χ0n) is 12.7. The fourth-order valence-corrected chi connectivity index (χ4v) is 3.10. The van der Waals surface area contributed by atoms with Crippen molar-refractivity contribution in [1.29, 1.82) is 0 Å². The van der Waals surface area contributed by atoms with Crippen molar-refractivity contribution in [1.82, 2.24) is 9.88 Å². The van der Waals surface area contributed by atoms with Crippen LogP contribution in [-0.2, 0) is 10.0 Å². The van der Waals surface area contributed by atoms with Crippen LogP contribution in [0.4, 0.5) is 0 Å². The molecule has 1 heterocycles. The number of aromatic nitrogens is 1. The van der Waals surface area contributed by atoms with E-state index < -0.39 is 10.0 Å². The van der Waals surface area contributed by atoms with Crippen molar-refractivity contribution in [3.8, 4) is 22.4 Å². The minimum absolute atomic E-state index is 0.166. The van der Waals surface area contributed by atoms with Gasteiger partial charge in [0.15, 0.2) is 0 Å². The molecule has 0 amide bonds. The summed E-state index contributed by atoms with van der Waals surface area (Å²) >= 11 is 0. The van der Waals surface area contributed by atoms with Gasteiger partial charge in [-0.05, 0) is 24.6 Å². The summed E-state index contributed by atoms with van der Waals surface area (Å²) in [6.07, 6.45) is 0. The Balaban J connectivity index is 2.08. The third-order valence-electron chi connectivity index (χ3n) is 3.59. The summed E-state index contributed by atoms with van der Waals surface area (Å²) in [4.78, 5) is 0.166. The first-order valence-corrected chi connectivity index (χ1v) is 8.45. The fourth-order valence-electron chi connectivity index (χ4n) is 2.40. The Bertz CT molecular complexity index is 914. The molecule has 0 atom stereocenters. The smallest absolute Gasteiger partial charge is 0.256 e. The van der Waals surface area contributed by atoms with Crippen LogP contribution < -0.4 is 4.72 Å². The third kappa shape index (κ3) is 2.91. The number of hydrogen-bond acceptors (Lipinski definition) is 4. The summed E-state index contributed by atoms with van der Waals surface area (Å²) in [5.74, 6) is 0.680. The Hall–Kier alpha value is -2.44. The van der Waals surface area contributed by atoms with Gasteiger partial charge in [-0.3, -0.25) is 0 Å². The highest BCUT2D eigenvalue weighted by molar-refractivity contribution is 7.89. The number of sulfonamides is 1. The van der Waals surface area contributed by atoms with E-state index in [1.54, 1.807) is 24.3 Å². The van der Waals surface area contributed by atoms with E-state index in [9.17, 15) is 8.42 Å². The van der Waals surface area contributed by atoms with E-state index >= 15 is 0 Å². The number of hydrogen-bond donors (Lipinski definition) is 0. The molecule has 0 spiro atoms. The maximum Gasteiger partial charge on any atom is 0.256 e. The molecule has 1 radical (unpaired) electrons. The Morgan fingerprint density at radius 2 is 1.61 bits per heavy atom. The fraction of sp³-hybridized carbons (Fsp3) is 0.118. The monoisotopic (exact) mass is 327 g/mol. The lowest BCUT2D eigenvalue weighted by Crippen LogP contribution is -2.11. The lowest BCUT2D eigenvalue weighted by atomic mass is 10.00. The quantitative estimate of drug-likeness (QED) is 0.737. The summed E-state index contributed by atoms with van der Waals surface area (Å²) in [7, 11) is -2.31. The lowest BCUT2D eigenvalue weighted by molar-refractivity contribution is 0.400. The summed E-state index contributed by atoms with van der Waals surface area (Å²) in [6.45, 7) is 1.83. The first-order chi connectivity index (χ1) is 11.0. The Morgan fingerprint density at radius 3 is 2.22 bits per heavy atom. The van der Waals surface area contributed by atoms with Crippen LogP contribution in [0.25, 0.3) is 22.4 Å². The molecule has 3 aromatic rings. The van der Waals surface area contributed by atoms with Gasteiger partial charge in [-0.2, -0.15) is 0 Å². The number of rotatable bonds is 4. The van der Waals surface area contributed by atoms with Crippen molar-refractivity contribution < 1.29 is 12.9 Å². The zero-order chi connectivity index (χ0) is 16.4. The largest absolute Gasteiger partial charge is 0.360 e. The van der Waals surface area contributed by atoms with Gasteiger partial charge in [-0.15, -0.1) is 4.72 Å². The average Bonchev–Trinajstić information content (AvgIpc) is 2.97. The van der Waals surface area contributed by atoms with Gasteiger partial charge < -0.3 is 4.52 Å². The van der Waals surface area contributed by atoms with E-state index in [2.05, 4.69) is 9.88 Å². The molecule has 117 valence electrons. The molecular weight excluding hydrogens is 312 g/mol. The topological polar surface area (TPSA) is 74.3 Å². The number of nitrogens with zero attached hydrogens (tertiary/aromatic N) is 2. The molecule has 6 heteroatoms. The average molecular weight is 327 g/mol. The summed E-state index contributed by atoms with van der Waals surface area (Å²) in [5, 5.41) is 4.14. The third-order valence-corrected chi connectivity index (χ3v) is 4.94. The Kier molecular flexibility index (Phi) is 4.02. The van der Waals surface area contributed by atoms with Gasteiger partial charge in [0.1, 0.15) is 11.5 Å². The zero-order valence-corrected chi connectivity index (χ0v) is 13.5. The molecule has 1 aromatic heterocycles. The molecule has 0 saturated heterocycles. The van der Waals surface area contributed by atoms with Crippen LogP contribution in [0.5, 0.6) is 0 Å². The van der Waals surface area contributed by atoms with Crippen LogP contribution in [0.15, 0.2) is 64.0 Å². The first-order valence-electron chi connectivity index (χ1n) is 7.01. The Morgan fingerprint density at radius 1 is 0.957 bits per heavy atom. The number of benzene rings is 2. The molecule has 23 heavy (non-hydrogen) atoms. The van der Waals surface area contributed by atoms with Crippen LogP contribution in [0, 0.1) is 6.92 Å². The second-order valence-electron chi connectivity index (χ2n) is 5.01. The molecule has 0 unspecified atom stereocenters. The van der Waals surface area contributed by atoms with Gasteiger partial charge in [-0.25, -0.2) is 8.42 Å². The molecule has 0 saturated carbocycles. The van der Waals surface area contributed by atoms with Crippen molar-refractivity contribution in [2.24, 2.45) is 0 Å². The van der Waals surface area contributed by atoms with Crippen molar-refractivity contribution in [3.05, 3.63) is 60.4 Å². The maximum absolute atomic E-state index is 11.8. The van der Waals surface area contributed by atoms with E-state index in [-0.39, 0.29) is 4.90 Å². The molecule has 3 rings (SSSR count). The van der Waals surface area contributed by atoms with Crippen LogP contribution in [0.1, 0.15) is 5.76 Å². The summed E-state index contributed by atoms with van der Waals surface area (Å²) in [5.41, 5.74) is 3.38. The van der Waals surface area contributed by atoms with Crippen molar-refractivity contribution in [2.45, 2.75) is 11.8 Å². The molecule has 0 aliphatic heterocycles. The second-order valence-corrected chi connectivity index (χ2v) is 6.80. The first kappa shape index (κ1) is 15.5. The minimum Gasteiger partial charge on any atom is -0.360 e. The van der Waals surface area contributed by atoms with E-state index in [1.165, 1.54) is 7.05 Å². The highest BCUT2D eigenvalue weighted by atomic mass is 32.2. The van der Waals surface area contributed by atoms with Crippen molar-refractivity contribution >= 4 is 10.0 Å².